The maximum Gasteiger partial charge on any atom is 0.253 e. The van der Waals surface area contributed by atoms with Crippen LogP contribution in [0.15, 0.2) is 61.2 Å². The molecule has 0 aliphatic heterocycles. The Bertz CT molecular complexity index is 1010. The molecule has 1 aromatic heterocycles. The molecule has 7 nitrogen and oxygen atoms in total. The first-order valence-electron chi connectivity index (χ1n) is 9.79. The number of nitrogens with one attached hydrogen (secondary N) is 2. The van der Waals surface area contributed by atoms with Gasteiger partial charge < -0.3 is 10.6 Å². The lowest BCUT2D eigenvalue weighted by Gasteiger charge is -2.22. The number of aromatic nitrogens is 3. The molecule has 2 atom stereocenters. The maximum absolute atomic E-state index is 12.9. The molecule has 0 saturated heterocycles. The molecule has 2 unspecified atom stereocenters. The van der Waals surface area contributed by atoms with Gasteiger partial charge in [-0.05, 0) is 55.2 Å². The van der Waals surface area contributed by atoms with Gasteiger partial charge in [-0.25, -0.2) is 9.67 Å². The Morgan fingerprint density at radius 3 is 2.52 bits per heavy atom. The van der Waals surface area contributed by atoms with Gasteiger partial charge in [0.2, 0.25) is 5.91 Å². The molecule has 9 heteroatoms. The Labute approximate surface area is 190 Å². The zero-order valence-corrected chi connectivity index (χ0v) is 18.9. The van der Waals surface area contributed by atoms with E-state index in [9.17, 15) is 9.59 Å². The van der Waals surface area contributed by atoms with Gasteiger partial charge in [-0.3, -0.25) is 9.59 Å². The summed E-state index contributed by atoms with van der Waals surface area (Å²) in [4.78, 5) is 29.5. The van der Waals surface area contributed by atoms with Gasteiger partial charge in [0.1, 0.15) is 18.7 Å². The highest BCUT2D eigenvalue weighted by atomic mass is 35.5. The maximum atomic E-state index is 12.9. The zero-order chi connectivity index (χ0) is 22.2. The monoisotopic (exact) mass is 457 g/mol. The Morgan fingerprint density at radius 2 is 1.87 bits per heavy atom. The van der Waals surface area contributed by atoms with Crippen molar-refractivity contribution in [2.75, 3.05) is 12.0 Å². The minimum atomic E-state index is -0.659. The van der Waals surface area contributed by atoms with Crippen LogP contribution in [0.25, 0.3) is 5.69 Å². The molecule has 0 bridgehead atoms. The molecular formula is C22H24ClN5O2S. The van der Waals surface area contributed by atoms with E-state index in [1.165, 1.54) is 6.33 Å². The summed E-state index contributed by atoms with van der Waals surface area (Å²) < 4.78 is 1.66. The van der Waals surface area contributed by atoms with Gasteiger partial charge in [0.25, 0.3) is 5.91 Å². The number of amides is 2. The Kier molecular flexibility index (Phi) is 8.08. The number of thioether (sulfide) groups is 1. The molecule has 2 aromatic carbocycles. The van der Waals surface area contributed by atoms with Crippen molar-refractivity contribution in [3.8, 4) is 5.69 Å². The van der Waals surface area contributed by atoms with Crippen molar-refractivity contribution in [2.24, 2.45) is 0 Å². The molecule has 0 aliphatic carbocycles. The van der Waals surface area contributed by atoms with E-state index in [-0.39, 0.29) is 17.9 Å². The van der Waals surface area contributed by atoms with Crippen LogP contribution in [0.3, 0.4) is 0 Å². The van der Waals surface area contributed by atoms with Gasteiger partial charge in [0, 0.05) is 0 Å². The third-order valence-electron chi connectivity index (χ3n) is 4.79. The summed E-state index contributed by atoms with van der Waals surface area (Å²) in [5, 5.41) is 10.3. The van der Waals surface area contributed by atoms with Crippen molar-refractivity contribution >= 4 is 35.2 Å². The molecule has 31 heavy (non-hydrogen) atoms. The van der Waals surface area contributed by atoms with Crippen LogP contribution in [-0.2, 0) is 4.79 Å². The molecule has 0 radical (unpaired) electrons. The number of carbonyl (C=O) groups excluding carboxylic acids is 2. The SMILES string of the molecule is CSCCC(NC(=O)c1ccccc1Cl)C(=O)NC(C)c1ccc(-n2cncn2)cc1. The van der Waals surface area contributed by atoms with E-state index in [0.717, 1.165) is 17.0 Å². The van der Waals surface area contributed by atoms with Gasteiger partial charge in [0.05, 0.1) is 22.3 Å². The van der Waals surface area contributed by atoms with E-state index in [1.54, 1.807) is 47.0 Å². The van der Waals surface area contributed by atoms with Gasteiger partial charge in [-0.1, -0.05) is 35.9 Å². The van der Waals surface area contributed by atoms with Crippen LogP contribution in [0.2, 0.25) is 5.02 Å². The molecule has 2 amide bonds. The lowest BCUT2D eigenvalue weighted by Crippen LogP contribution is -2.47. The van der Waals surface area contributed by atoms with Crippen LogP contribution < -0.4 is 10.6 Å². The fourth-order valence-corrected chi connectivity index (χ4v) is 3.73. The van der Waals surface area contributed by atoms with E-state index in [1.807, 2.05) is 37.4 Å². The van der Waals surface area contributed by atoms with Crippen LogP contribution in [-0.4, -0.2) is 44.6 Å². The lowest BCUT2D eigenvalue weighted by atomic mass is 10.1. The predicted molar refractivity (Wildman–Crippen MR) is 124 cm³/mol. The third-order valence-corrected chi connectivity index (χ3v) is 5.76. The third kappa shape index (κ3) is 6.08. The first kappa shape index (κ1) is 22.8. The standard InChI is InChI=1S/C22H24ClN5O2S/c1-15(16-7-9-17(10-8-16)28-14-24-13-25-28)26-22(30)20(11-12-31-2)27-21(29)18-5-3-4-6-19(18)23/h3-10,13-15,20H,11-12H2,1-2H3,(H,26,30)(H,27,29). The lowest BCUT2D eigenvalue weighted by molar-refractivity contribution is -0.123. The number of benzene rings is 2. The quantitative estimate of drug-likeness (QED) is 0.512. The molecule has 0 aliphatic rings. The number of halogens is 1. The van der Waals surface area contributed by atoms with Crippen molar-refractivity contribution in [1.29, 1.82) is 0 Å². The predicted octanol–water partition coefficient (Wildman–Crippen LogP) is 3.65. The molecule has 2 N–H and O–H groups in total. The zero-order valence-electron chi connectivity index (χ0n) is 17.3. The fraction of sp³-hybridized carbons (Fsp3) is 0.273. The van der Waals surface area contributed by atoms with Crippen molar-refractivity contribution < 1.29 is 9.59 Å². The number of nitrogens with zero attached hydrogens (tertiary/aromatic N) is 3. The molecule has 1 heterocycles. The van der Waals surface area contributed by atoms with Crippen molar-refractivity contribution in [3.05, 3.63) is 77.3 Å². The molecule has 162 valence electrons. The van der Waals surface area contributed by atoms with E-state index >= 15 is 0 Å². The minimum absolute atomic E-state index is 0.230. The first-order valence-corrected chi connectivity index (χ1v) is 11.6. The average Bonchev–Trinajstić information content (AvgIpc) is 3.31. The molecule has 3 rings (SSSR count). The summed E-state index contributed by atoms with van der Waals surface area (Å²) in [6.45, 7) is 1.91. The second kappa shape index (κ2) is 11.0. The van der Waals surface area contributed by atoms with Gasteiger partial charge in [-0.15, -0.1) is 0 Å². The van der Waals surface area contributed by atoms with Crippen molar-refractivity contribution in [1.82, 2.24) is 25.4 Å². The highest BCUT2D eigenvalue weighted by molar-refractivity contribution is 7.98. The van der Waals surface area contributed by atoms with Crippen LogP contribution in [0.1, 0.15) is 35.3 Å². The van der Waals surface area contributed by atoms with Gasteiger partial charge in [-0.2, -0.15) is 16.9 Å². The number of carbonyl (C=O) groups is 2. The fourth-order valence-electron chi connectivity index (χ4n) is 3.04. The topological polar surface area (TPSA) is 88.9 Å². The minimum Gasteiger partial charge on any atom is -0.348 e. The van der Waals surface area contributed by atoms with Gasteiger partial charge in [0.15, 0.2) is 0 Å². The summed E-state index contributed by atoms with van der Waals surface area (Å²) in [6, 6.07) is 13.6. The molecule has 0 spiro atoms. The van der Waals surface area contributed by atoms with Crippen molar-refractivity contribution in [2.45, 2.75) is 25.4 Å². The molecule has 3 aromatic rings. The van der Waals surface area contributed by atoms with E-state index < -0.39 is 6.04 Å². The Balaban J connectivity index is 1.66. The Morgan fingerprint density at radius 1 is 1.13 bits per heavy atom. The molecule has 0 saturated carbocycles. The largest absolute Gasteiger partial charge is 0.348 e. The summed E-state index contributed by atoms with van der Waals surface area (Å²) in [5.41, 5.74) is 2.17. The van der Waals surface area contributed by atoms with Crippen LogP contribution in [0.5, 0.6) is 0 Å². The molecule has 0 fully saturated rings. The summed E-state index contributed by atoms with van der Waals surface area (Å²) >= 11 is 7.74. The first-order chi connectivity index (χ1) is 15.0. The second-order valence-electron chi connectivity index (χ2n) is 6.95. The number of hydrogen-bond acceptors (Lipinski definition) is 5. The highest BCUT2D eigenvalue weighted by Crippen LogP contribution is 2.17. The normalized spacial score (nSPS) is 12.7. The van der Waals surface area contributed by atoms with Crippen LogP contribution in [0.4, 0.5) is 0 Å². The van der Waals surface area contributed by atoms with E-state index in [2.05, 4.69) is 20.7 Å². The smallest absolute Gasteiger partial charge is 0.253 e. The summed E-state index contributed by atoms with van der Waals surface area (Å²) in [6.07, 6.45) is 5.58. The van der Waals surface area contributed by atoms with E-state index in [4.69, 9.17) is 11.6 Å². The van der Waals surface area contributed by atoms with Gasteiger partial charge >= 0.3 is 0 Å². The average molecular weight is 458 g/mol. The molecular weight excluding hydrogens is 434 g/mol. The number of rotatable bonds is 9. The van der Waals surface area contributed by atoms with Crippen molar-refractivity contribution in [3.63, 3.8) is 0 Å². The Hall–Kier alpha value is -2.84. The van der Waals surface area contributed by atoms with Crippen LogP contribution >= 0.6 is 23.4 Å². The van der Waals surface area contributed by atoms with Crippen LogP contribution in [0, 0.1) is 0 Å². The summed E-state index contributed by atoms with van der Waals surface area (Å²) in [5.74, 6) is 0.140. The highest BCUT2D eigenvalue weighted by Gasteiger charge is 2.23. The summed E-state index contributed by atoms with van der Waals surface area (Å²) in [7, 11) is 0. The second-order valence-corrected chi connectivity index (χ2v) is 8.34. The number of hydrogen-bond donors (Lipinski definition) is 2. The van der Waals surface area contributed by atoms with E-state index in [0.29, 0.717) is 17.0 Å².